The summed E-state index contributed by atoms with van der Waals surface area (Å²) in [7, 11) is 0. The lowest BCUT2D eigenvalue weighted by atomic mass is 9.98. The van der Waals surface area contributed by atoms with E-state index in [-0.39, 0.29) is 0 Å². The number of nitrogens with one attached hydrogen (secondary N) is 1. The van der Waals surface area contributed by atoms with Crippen LogP contribution < -0.4 is 5.32 Å². The molecule has 1 fully saturated rings. The highest BCUT2D eigenvalue weighted by molar-refractivity contribution is 4.98. The number of hydrogen-bond acceptors (Lipinski definition) is 5. The van der Waals surface area contributed by atoms with Gasteiger partial charge >= 0.3 is 0 Å². The van der Waals surface area contributed by atoms with Gasteiger partial charge in [0.1, 0.15) is 6.54 Å². The highest BCUT2D eigenvalue weighted by Crippen LogP contribution is 2.22. The zero-order chi connectivity index (χ0) is 11.5. The molecule has 6 heteroatoms. The Morgan fingerprint density at radius 3 is 3.06 bits per heavy atom. The Morgan fingerprint density at radius 1 is 1.41 bits per heavy atom. The van der Waals surface area contributed by atoms with Crippen molar-refractivity contribution in [2.24, 2.45) is 0 Å². The van der Waals surface area contributed by atoms with Gasteiger partial charge in [0.15, 0.2) is 5.82 Å². The van der Waals surface area contributed by atoms with Crippen molar-refractivity contribution < 1.29 is 4.52 Å². The molecule has 0 saturated carbocycles. The third-order valence-electron chi connectivity index (χ3n) is 3.04. The van der Waals surface area contributed by atoms with E-state index in [0.29, 0.717) is 18.4 Å². The van der Waals surface area contributed by atoms with Gasteiger partial charge in [-0.15, -0.1) is 0 Å². The molecule has 0 aromatic carbocycles. The van der Waals surface area contributed by atoms with Crippen molar-refractivity contribution in [2.45, 2.75) is 25.3 Å². The Kier molecular flexibility index (Phi) is 2.87. The maximum Gasteiger partial charge on any atom is 0.248 e. The van der Waals surface area contributed by atoms with E-state index in [4.69, 9.17) is 4.52 Å². The van der Waals surface area contributed by atoms with E-state index >= 15 is 0 Å². The van der Waals surface area contributed by atoms with Crippen LogP contribution in [0.5, 0.6) is 0 Å². The third kappa shape index (κ3) is 2.36. The van der Waals surface area contributed by atoms with Gasteiger partial charge in [-0.05, 0) is 32.0 Å². The summed E-state index contributed by atoms with van der Waals surface area (Å²) in [4.78, 5) is 4.44. The van der Waals surface area contributed by atoms with E-state index in [9.17, 15) is 0 Å². The maximum atomic E-state index is 5.25. The van der Waals surface area contributed by atoms with Crippen LogP contribution in [0.15, 0.2) is 23.0 Å². The molecule has 1 aliphatic rings. The molecule has 0 atom stereocenters. The van der Waals surface area contributed by atoms with Crippen LogP contribution in [-0.4, -0.2) is 33.0 Å². The van der Waals surface area contributed by atoms with E-state index in [2.05, 4.69) is 20.6 Å². The van der Waals surface area contributed by atoms with Crippen LogP contribution in [0, 0.1) is 0 Å². The second kappa shape index (κ2) is 4.67. The molecule has 0 amide bonds. The molecule has 0 radical (unpaired) electrons. The molecule has 3 heterocycles. The van der Waals surface area contributed by atoms with Gasteiger partial charge in [0.05, 0.1) is 0 Å². The molecule has 0 aliphatic carbocycles. The van der Waals surface area contributed by atoms with Crippen LogP contribution in [0.25, 0.3) is 0 Å². The molecule has 17 heavy (non-hydrogen) atoms. The Hall–Kier alpha value is -1.69. The molecule has 3 rings (SSSR count). The number of nitrogens with zero attached hydrogens (tertiary/aromatic N) is 4. The van der Waals surface area contributed by atoms with Crippen molar-refractivity contribution in [1.29, 1.82) is 0 Å². The maximum absolute atomic E-state index is 5.25. The lowest BCUT2D eigenvalue weighted by Gasteiger charge is -2.18. The fourth-order valence-electron chi connectivity index (χ4n) is 2.11. The summed E-state index contributed by atoms with van der Waals surface area (Å²) in [6.45, 7) is 2.62. The van der Waals surface area contributed by atoms with Gasteiger partial charge in [-0.2, -0.15) is 10.1 Å². The summed E-state index contributed by atoms with van der Waals surface area (Å²) < 4.78 is 7.03. The molecular weight excluding hydrogens is 218 g/mol. The summed E-state index contributed by atoms with van der Waals surface area (Å²) in [5.41, 5.74) is 0. The summed E-state index contributed by atoms with van der Waals surface area (Å²) in [6.07, 6.45) is 5.79. The van der Waals surface area contributed by atoms with Crippen molar-refractivity contribution in [3.8, 4) is 0 Å². The molecule has 6 nitrogen and oxygen atoms in total. The second-order valence-corrected chi connectivity index (χ2v) is 4.27. The number of hydrogen-bond donors (Lipinski definition) is 1. The standard InChI is InChI=1S/C11H15N5O/c1-4-13-16(7-1)8-10-14-11(15-17-10)9-2-5-12-6-3-9/h1,4,7,9,12H,2-3,5-6,8H2. The molecular formula is C11H15N5O. The predicted molar refractivity (Wildman–Crippen MR) is 60.5 cm³/mol. The minimum absolute atomic E-state index is 0.436. The van der Waals surface area contributed by atoms with E-state index in [1.807, 2.05) is 12.3 Å². The number of piperidine rings is 1. The molecule has 0 spiro atoms. The molecule has 0 unspecified atom stereocenters. The Bertz CT molecular complexity index is 458. The van der Waals surface area contributed by atoms with Gasteiger partial charge < -0.3 is 9.84 Å². The van der Waals surface area contributed by atoms with Crippen LogP contribution in [0.1, 0.15) is 30.5 Å². The molecule has 2 aromatic heterocycles. The van der Waals surface area contributed by atoms with Crippen LogP contribution in [0.3, 0.4) is 0 Å². The highest BCUT2D eigenvalue weighted by Gasteiger charge is 2.20. The quantitative estimate of drug-likeness (QED) is 0.848. The van der Waals surface area contributed by atoms with E-state index in [1.54, 1.807) is 10.9 Å². The zero-order valence-corrected chi connectivity index (χ0v) is 9.54. The molecule has 90 valence electrons. The first-order valence-corrected chi connectivity index (χ1v) is 5.92. The van der Waals surface area contributed by atoms with E-state index < -0.39 is 0 Å². The monoisotopic (exact) mass is 233 g/mol. The van der Waals surface area contributed by atoms with E-state index in [1.165, 1.54) is 0 Å². The molecule has 1 N–H and O–H groups in total. The van der Waals surface area contributed by atoms with Crippen LogP contribution in [0.2, 0.25) is 0 Å². The van der Waals surface area contributed by atoms with Crippen molar-refractivity contribution in [3.63, 3.8) is 0 Å². The van der Waals surface area contributed by atoms with Gasteiger partial charge in [0.25, 0.3) is 0 Å². The number of aromatic nitrogens is 4. The first-order chi connectivity index (χ1) is 8.42. The SMILES string of the molecule is c1cnn(Cc2nc(C3CCNCC3)no2)c1. The van der Waals surface area contributed by atoms with Crippen molar-refractivity contribution in [2.75, 3.05) is 13.1 Å². The topological polar surface area (TPSA) is 68.8 Å². The fourth-order valence-corrected chi connectivity index (χ4v) is 2.11. The van der Waals surface area contributed by atoms with Gasteiger partial charge in [-0.3, -0.25) is 4.68 Å². The molecule has 0 bridgehead atoms. The minimum atomic E-state index is 0.436. The van der Waals surface area contributed by atoms with Gasteiger partial charge in [-0.1, -0.05) is 5.16 Å². The summed E-state index contributed by atoms with van der Waals surface area (Å²) in [5, 5.41) is 11.5. The van der Waals surface area contributed by atoms with Crippen molar-refractivity contribution >= 4 is 0 Å². The zero-order valence-electron chi connectivity index (χ0n) is 9.54. The van der Waals surface area contributed by atoms with Gasteiger partial charge in [0, 0.05) is 18.3 Å². The first-order valence-electron chi connectivity index (χ1n) is 5.92. The molecule has 2 aromatic rings. The molecule has 1 saturated heterocycles. The van der Waals surface area contributed by atoms with Gasteiger partial charge in [-0.25, -0.2) is 0 Å². The largest absolute Gasteiger partial charge is 0.337 e. The van der Waals surface area contributed by atoms with E-state index in [0.717, 1.165) is 31.8 Å². The van der Waals surface area contributed by atoms with Crippen molar-refractivity contribution in [3.05, 3.63) is 30.2 Å². The number of rotatable bonds is 3. The molecule has 1 aliphatic heterocycles. The average Bonchev–Trinajstić information content (AvgIpc) is 3.02. The van der Waals surface area contributed by atoms with Crippen molar-refractivity contribution in [1.82, 2.24) is 25.2 Å². The third-order valence-corrected chi connectivity index (χ3v) is 3.04. The lowest BCUT2D eigenvalue weighted by molar-refractivity contribution is 0.351. The lowest BCUT2D eigenvalue weighted by Crippen LogP contribution is -2.27. The van der Waals surface area contributed by atoms with Crippen LogP contribution in [0.4, 0.5) is 0 Å². The second-order valence-electron chi connectivity index (χ2n) is 4.27. The summed E-state index contributed by atoms with van der Waals surface area (Å²) in [6, 6.07) is 1.88. The Balaban J connectivity index is 1.69. The first kappa shape index (κ1) is 10.5. The minimum Gasteiger partial charge on any atom is -0.337 e. The summed E-state index contributed by atoms with van der Waals surface area (Å²) >= 11 is 0. The fraction of sp³-hybridized carbons (Fsp3) is 0.545. The predicted octanol–water partition coefficient (Wildman–Crippen LogP) is 0.781. The smallest absolute Gasteiger partial charge is 0.248 e. The average molecular weight is 233 g/mol. The Labute approximate surface area is 99.0 Å². The normalized spacial score (nSPS) is 17.4. The van der Waals surface area contributed by atoms with Crippen LogP contribution in [-0.2, 0) is 6.54 Å². The van der Waals surface area contributed by atoms with Crippen LogP contribution >= 0.6 is 0 Å². The van der Waals surface area contributed by atoms with Gasteiger partial charge in [0.2, 0.25) is 5.89 Å². The Morgan fingerprint density at radius 2 is 2.29 bits per heavy atom. The summed E-state index contributed by atoms with van der Waals surface area (Å²) in [5.74, 6) is 1.90. The highest BCUT2D eigenvalue weighted by atomic mass is 16.5.